The van der Waals surface area contributed by atoms with Crippen molar-refractivity contribution in [1.82, 2.24) is 14.1 Å². The first-order chi connectivity index (χ1) is 8.45. The van der Waals surface area contributed by atoms with Gasteiger partial charge in [-0.1, -0.05) is 13.0 Å². The van der Waals surface area contributed by atoms with Gasteiger partial charge >= 0.3 is 0 Å². The molecule has 0 saturated carbocycles. The van der Waals surface area contributed by atoms with Crippen molar-refractivity contribution in [3.63, 3.8) is 0 Å². The Hall–Kier alpha value is -1.40. The van der Waals surface area contributed by atoms with E-state index in [1.165, 1.54) is 0 Å². The lowest BCUT2D eigenvalue weighted by Gasteiger charge is -2.07. The molecule has 5 nitrogen and oxygen atoms in total. The molecule has 0 atom stereocenters. The maximum absolute atomic E-state index is 12.2. The normalized spacial score (nSPS) is 12.4. The van der Waals surface area contributed by atoms with Crippen molar-refractivity contribution in [3.05, 3.63) is 30.2 Å². The van der Waals surface area contributed by atoms with Crippen LogP contribution in [0.4, 0.5) is 0 Å². The minimum atomic E-state index is -3.56. The van der Waals surface area contributed by atoms with Crippen molar-refractivity contribution < 1.29 is 8.42 Å². The van der Waals surface area contributed by atoms with Crippen molar-refractivity contribution in [2.45, 2.75) is 38.3 Å². The first-order valence-electron chi connectivity index (χ1n) is 5.94. The molecule has 1 N–H and O–H groups in total. The molecule has 2 aromatic rings. The fourth-order valence-corrected chi connectivity index (χ4v) is 3.28. The summed E-state index contributed by atoms with van der Waals surface area (Å²) in [6, 6.07) is 5.28. The summed E-state index contributed by atoms with van der Waals surface area (Å²) in [5, 5.41) is 0.105. The molecular formula is C12H17N3O2S. The van der Waals surface area contributed by atoms with Crippen molar-refractivity contribution >= 4 is 15.5 Å². The molecule has 2 heterocycles. The smallest absolute Gasteiger partial charge is 0.260 e. The molecule has 0 bridgehead atoms. The fraction of sp³-hybridized carbons (Fsp3) is 0.417. The van der Waals surface area contributed by atoms with Crippen LogP contribution in [0.2, 0.25) is 0 Å². The maximum atomic E-state index is 12.2. The Bertz CT molecular complexity index is 659. The first kappa shape index (κ1) is 13.0. The second-order valence-electron chi connectivity index (χ2n) is 4.42. The molecule has 2 rings (SSSR count). The molecule has 0 saturated heterocycles. The van der Waals surface area contributed by atoms with E-state index < -0.39 is 10.0 Å². The monoisotopic (exact) mass is 267 g/mol. The van der Waals surface area contributed by atoms with Gasteiger partial charge in [0.15, 0.2) is 5.03 Å². The minimum absolute atomic E-state index is 0.105. The largest absolute Gasteiger partial charge is 0.302 e. The predicted octanol–water partition coefficient (Wildman–Crippen LogP) is 1.58. The molecule has 0 unspecified atom stereocenters. The number of aromatic nitrogens is 2. The molecule has 98 valence electrons. The molecule has 0 aliphatic carbocycles. The highest BCUT2D eigenvalue weighted by molar-refractivity contribution is 7.89. The number of rotatable bonds is 4. The van der Waals surface area contributed by atoms with E-state index in [1.54, 1.807) is 19.9 Å². The van der Waals surface area contributed by atoms with Crippen molar-refractivity contribution in [2.24, 2.45) is 0 Å². The Morgan fingerprint density at radius 2 is 2.11 bits per heavy atom. The van der Waals surface area contributed by atoms with Gasteiger partial charge in [-0.2, -0.15) is 0 Å². The number of fused-ring (bicyclic) bond motifs is 1. The number of aryl methyl sites for hydroxylation is 1. The van der Waals surface area contributed by atoms with E-state index in [2.05, 4.69) is 9.71 Å². The van der Waals surface area contributed by atoms with Crippen LogP contribution in [-0.4, -0.2) is 23.8 Å². The van der Waals surface area contributed by atoms with Crippen molar-refractivity contribution in [3.8, 4) is 0 Å². The van der Waals surface area contributed by atoms with Crippen LogP contribution in [0.25, 0.3) is 5.52 Å². The summed E-state index contributed by atoms with van der Waals surface area (Å²) in [5.74, 6) is 0.745. The van der Waals surface area contributed by atoms with Crippen LogP contribution in [0.5, 0.6) is 0 Å². The molecular weight excluding hydrogens is 250 g/mol. The molecule has 0 amide bonds. The standard InChI is InChI=1S/C12H17N3O2S/c1-4-11-13-12(18(16,17)14-9(2)3)10-7-5-6-8-15(10)11/h5-9,14H,4H2,1-3H3. The Labute approximate surface area is 107 Å². The summed E-state index contributed by atoms with van der Waals surface area (Å²) in [4.78, 5) is 4.25. The fourth-order valence-electron chi connectivity index (χ4n) is 1.88. The Kier molecular flexibility index (Phi) is 3.41. The van der Waals surface area contributed by atoms with E-state index >= 15 is 0 Å². The van der Waals surface area contributed by atoms with Gasteiger partial charge < -0.3 is 4.40 Å². The van der Waals surface area contributed by atoms with Crippen LogP contribution in [-0.2, 0) is 16.4 Å². The van der Waals surface area contributed by atoms with E-state index in [4.69, 9.17) is 0 Å². The highest BCUT2D eigenvalue weighted by atomic mass is 32.2. The molecule has 0 radical (unpaired) electrons. The van der Waals surface area contributed by atoms with E-state index in [1.807, 2.05) is 29.7 Å². The molecule has 0 aromatic carbocycles. The molecule has 0 aliphatic heterocycles. The second kappa shape index (κ2) is 4.70. The van der Waals surface area contributed by atoms with Crippen LogP contribution in [0, 0.1) is 0 Å². The highest BCUT2D eigenvalue weighted by Crippen LogP contribution is 2.18. The summed E-state index contributed by atoms with van der Waals surface area (Å²) in [6.07, 6.45) is 2.51. The number of sulfonamides is 1. The van der Waals surface area contributed by atoms with E-state index in [0.717, 1.165) is 5.82 Å². The topological polar surface area (TPSA) is 63.5 Å². The maximum Gasteiger partial charge on any atom is 0.260 e. The average molecular weight is 267 g/mol. The van der Waals surface area contributed by atoms with Crippen molar-refractivity contribution in [1.29, 1.82) is 0 Å². The van der Waals surface area contributed by atoms with Crippen LogP contribution >= 0.6 is 0 Å². The van der Waals surface area contributed by atoms with Gasteiger partial charge in [-0.25, -0.2) is 18.1 Å². The number of nitrogens with zero attached hydrogens (tertiary/aromatic N) is 2. The van der Waals surface area contributed by atoms with Gasteiger partial charge in [0, 0.05) is 18.7 Å². The number of hydrogen-bond acceptors (Lipinski definition) is 3. The molecule has 6 heteroatoms. The van der Waals surface area contributed by atoms with Gasteiger partial charge in [-0.15, -0.1) is 0 Å². The lowest BCUT2D eigenvalue weighted by molar-refractivity contribution is 0.567. The quantitative estimate of drug-likeness (QED) is 0.915. The summed E-state index contributed by atoms with van der Waals surface area (Å²) >= 11 is 0. The van der Waals surface area contributed by atoms with Gasteiger partial charge in [-0.3, -0.25) is 0 Å². The zero-order chi connectivity index (χ0) is 13.3. The second-order valence-corrected chi connectivity index (χ2v) is 6.05. The molecule has 18 heavy (non-hydrogen) atoms. The number of pyridine rings is 1. The summed E-state index contributed by atoms with van der Waals surface area (Å²) < 4.78 is 28.8. The zero-order valence-electron chi connectivity index (χ0n) is 10.7. The van der Waals surface area contributed by atoms with Crippen LogP contribution in [0.3, 0.4) is 0 Å². The molecule has 0 aliphatic rings. The van der Waals surface area contributed by atoms with Gasteiger partial charge in [0.05, 0.1) is 5.52 Å². The third-order valence-corrected chi connectivity index (χ3v) is 4.14. The number of imidazole rings is 1. The lowest BCUT2D eigenvalue weighted by atomic mass is 10.4. The predicted molar refractivity (Wildman–Crippen MR) is 70.0 cm³/mol. The van der Waals surface area contributed by atoms with Crippen LogP contribution in [0.15, 0.2) is 29.4 Å². The highest BCUT2D eigenvalue weighted by Gasteiger charge is 2.23. The Morgan fingerprint density at radius 1 is 1.39 bits per heavy atom. The van der Waals surface area contributed by atoms with Gasteiger partial charge in [-0.05, 0) is 26.0 Å². The van der Waals surface area contributed by atoms with Crippen LogP contribution in [0.1, 0.15) is 26.6 Å². The third-order valence-electron chi connectivity index (χ3n) is 2.55. The molecule has 2 aromatic heterocycles. The third kappa shape index (κ3) is 2.26. The Morgan fingerprint density at radius 3 is 2.72 bits per heavy atom. The zero-order valence-corrected chi connectivity index (χ0v) is 11.5. The van der Waals surface area contributed by atoms with Crippen LogP contribution < -0.4 is 4.72 Å². The number of nitrogens with one attached hydrogen (secondary N) is 1. The van der Waals surface area contributed by atoms with Gasteiger partial charge in [0.1, 0.15) is 5.82 Å². The van der Waals surface area contributed by atoms with E-state index in [9.17, 15) is 8.42 Å². The Balaban J connectivity index is 2.65. The minimum Gasteiger partial charge on any atom is -0.302 e. The first-order valence-corrected chi connectivity index (χ1v) is 7.42. The lowest BCUT2D eigenvalue weighted by Crippen LogP contribution is -2.30. The van der Waals surface area contributed by atoms with Gasteiger partial charge in [0.2, 0.25) is 0 Å². The molecule has 0 fully saturated rings. The van der Waals surface area contributed by atoms with Crippen molar-refractivity contribution in [2.75, 3.05) is 0 Å². The van der Waals surface area contributed by atoms with Gasteiger partial charge in [0.25, 0.3) is 10.0 Å². The average Bonchev–Trinajstić information content (AvgIpc) is 2.66. The summed E-state index contributed by atoms with van der Waals surface area (Å²) in [5.41, 5.74) is 0.613. The summed E-state index contributed by atoms with van der Waals surface area (Å²) in [6.45, 7) is 5.53. The summed E-state index contributed by atoms with van der Waals surface area (Å²) in [7, 11) is -3.56. The number of hydrogen-bond donors (Lipinski definition) is 1. The van der Waals surface area contributed by atoms with E-state index in [0.29, 0.717) is 11.9 Å². The molecule has 0 spiro atoms. The SMILES string of the molecule is CCc1nc(S(=O)(=O)NC(C)C)c2ccccn12. The van der Waals surface area contributed by atoms with E-state index in [-0.39, 0.29) is 11.1 Å².